The fraction of sp³-hybridized carbons (Fsp3) is 0.278. The fourth-order valence-electron chi connectivity index (χ4n) is 2.75. The lowest BCUT2D eigenvalue weighted by atomic mass is 10.0. The zero-order chi connectivity index (χ0) is 16.8. The Morgan fingerprint density at radius 2 is 2.09 bits per heavy atom. The molecule has 0 spiro atoms. The van der Waals surface area contributed by atoms with Crippen molar-refractivity contribution in [1.82, 2.24) is 0 Å². The Hall–Kier alpha value is -2.09. The van der Waals surface area contributed by atoms with E-state index in [1.807, 2.05) is 6.92 Å². The van der Waals surface area contributed by atoms with Gasteiger partial charge in [-0.1, -0.05) is 24.6 Å². The third-order valence-electron chi connectivity index (χ3n) is 4.45. The van der Waals surface area contributed by atoms with Crippen LogP contribution in [-0.4, -0.2) is 0 Å². The summed E-state index contributed by atoms with van der Waals surface area (Å²) in [6.07, 6.45) is 0.737. The number of halogens is 2. The molecule has 0 aliphatic heterocycles. The maximum Gasteiger partial charge on any atom is 0.181 e. The first-order valence-electron chi connectivity index (χ1n) is 7.33. The van der Waals surface area contributed by atoms with Crippen LogP contribution in [0.3, 0.4) is 0 Å². The van der Waals surface area contributed by atoms with Gasteiger partial charge in [0.1, 0.15) is 5.75 Å². The van der Waals surface area contributed by atoms with Crippen LogP contribution in [0.25, 0.3) is 0 Å². The third-order valence-corrected chi connectivity index (χ3v) is 4.75. The van der Waals surface area contributed by atoms with Crippen LogP contribution in [0.1, 0.15) is 30.0 Å². The first-order chi connectivity index (χ1) is 10.9. The van der Waals surface area contributed by atoms with Gasteiger partial charge in [-0.15, -0.1) is 0 Å². The minimum Gasteiger partial charge on any atom is -0.453 e. The first-order valence-corrected chi connectivity index (χ1v) is 7.70. The highest BCUT2D eigenvalue weighted by molar-refractivity contribution is 6.32. The predicted molar refractivity (Wildman–Crippen MR) is 87.0 cm³/mol. The molecular weight excluding hydrogens is 315 g/mol. The zero-order valence-electron chi connectivity index (χ0n) is 12.9. The molecule has 0 aromatic heterocycles. The Morgan fingerprint density at radius 1 is 1.39 bits per heavy atom. The molecule has 1 unspecified atom stereocenters. The molecule has 3 nitrogen and oxygen atoms in total. The smallest absolute Gasteiger partial charge is 0.181 e. The molecule has 2 atom stereocenters. The van der Waals surface area contributed by atoms with Crippen LogP contribution in [0.5, 0.6) is 11.5 Å². The molecule has 23 heavy (non-hydrogen) atoms. The molecule has 1 saturated carbocycles. The monoisotopic (exact) mass is 330 g/mol. The molecule has 1 fully saturated rings. The van der Waals surface area contributed by atoms with E-state index in [9.17, 15) is 4.39 Å². The van der Waals surface area contributed by atoms with E-state index in [4.69, 9.17) is 27.3 Å². The fourth-order valence-corrected chi connectivity index (χ4v) is 2.94. The van der Waals surface area contributed by atoms with Gasteiger partial charge in [-0.2, -0.15) is 5.26 Å². The summed E-state index contributed by atoms with van der Waals surface area (Å²) in [5.74, 6) is 0.0983. The van der Waals surface area contributed by atoms with Gasteiger partial charge in [0.25, 0.3) is 0 Å². The van der Waals surface area contributed by atoms with Gasteiger partial charge >= 0.3 is 0 Å². The second-order valence-corrected chi connectivity index (χ2v) is 6.48. The van der Waals surface area contributed by atoms with Crippen LogP contribution in [0, 0.1) is 30.0 Å². The summed E-state index contributed by atoms with van der Waals surface area (Å²) >= 11 is 6.10. The Labute approximate surface area is 139 Å². The van der Waals surface area contributed by atoms with Crippen LogP contribution in [0.15, 0.2) is 30.3 Å². The third kappa shape index (κ3) is 2.67. The van der Waals surface area contributed by atoms with E-state index in [0.29, 0.717) is 16.9 Å². The molecule has 0 radical (unpaired) electrons. The van der Waals surface area contributed by atoms with E-state index in [1.54, 1.807) is 37.3 Å². The van der Waals surface area contributed by atoms with Crippen LogP contribution < -0.4 is 10.5 Å². The molecule has 1 aliphatic rings. The van der Waals surface area contributed by atoms with Crippen molar-refractivity contribution in [2.45, 2.75) is 25.8 Å². The van der Waals surface area contributed by atoms with Gasteiger partial charge < -0.3 is 10.5 Å². The number of benzene rings is 2. The van der Waals surface area contributed by atoms with Crippen molar-refractivity contribution in [1.29, 1.82) is 5.26 Å². The minimum atomic E-state index is -0.645. The Kier molecular flexibility index (Phi) is 3.79. The summed E-state index contributed by atoms with van der Waals surface area (Å²) in [6, 6.07) is 10.2. The van der Waals surface area contributed by atoms with Crippen molar-refractivity contribution in [2.24, 2.45) is 11.7 Å². The van der Waals surface area contributed by atoms with Crippen molar-refractivity contribution >= 4 is 11.6 Å². The average molecular weight is 331 g/mol. The van der Waals surface area contributed by atoms with Gasteiger partial charge in [0.15, 0.2) is 11.6 Å². The molecule has 3 rings (SSSR count). The number of hydrogen-bond donors (Lipinski definition) is 1. The van der Waals surface area contributed by atoms with Crippen LogP contribution >= 0.6 is 11.6 Å². The number of nitriles is 1. The number of rotatable bonds is 3. The van der Waals surface area contributed by atoms with E-state index < -0.39 is 11.4 Å². The van der Waals surface area contributed by atoms with Crippen LogP contribution in [-0.2, 0) is 5.54 Å². The molecule has 118 valence electrons. The van der Waals surface area contributed by atoms with Gasteiger partial charge in [0.2, 0.25) is 0 Å². The normalized spacial score (nSPS) is 22.5. The van der Waals surface area contributed by atoms with Gasteiger partial charge in [-0.05, 0) is 49.1 Å². The molecular formula is C18H16ClFN2O. The quantitative estimate of drug-likeness (QED) is 0.891. The molecule has 0 bridgehead atoms. The second-order valence-electron chi connectivity index (χ2n) is 6.07. The highest BCUT2D eigenvalue weighted by Gasteiger charge is 2.51. The lowest BCUT2D eigenvalue weighted by molar-refractivity contribution is 0.432. The highest BCUT2D eigenvalue weighted by Crippen LogP contribution is 2.51. The molecule has 2 aromatic carbocycles. The number of hydrogen-bond acceptors (Lipinski definition) is 3. The Morgan fingerprint density at radius 3 is 2.65 bits per heavy atom. The molecule has 0 saturated heterocycles. The van der Waals surface area contributed by atoms with Gasteiger partial charge in [-0.25, -0.2) is 4.39 Å². The predicted octanol–water partition coefficient (Wildman–Crippen LogP) is 4.65. The number of nitrogens with two attached hydrogens (primary N) is 1. The zero-order valence-corrected chi connectivity index (χ0v) is 13.6. The first kappa shape index (κ1) is 15.8. The largest absolute Gasteiger partial charge is 0.453 e. The van der Waals surface area contributed by atoms with E-state index in [2.05, 4.69) is 6.07 Å². The summed E-state index contributed by atoms with van der Waals surface area (Å²) in [5, 5.41) is 9.14. The van der Waals surface area contributed by atoms with Crippen molar-refractivity contribution in [2.75, 3.05) is 0 Å². The summed E-state index contributed by atoms with van der Waals surface area (Å²) in [5.41, 5.74) is 7.29. The van der Waals surface area contributed by atoms with Crippen molar-refractivity contribution < 1.29 is 9.13 Å². The molecule has 2 aromatic rings. The molecule has 0 amide bonds. The SMILES string of the molecule is Cc1cc(Oc2c(Cl)ccc(C3(N)C[C@H]3C)c2F)ccc1C#N. The lowest BCUT2D eigenvalue weighted by Crippen LogP contribution is -2.23. The molecule has 2 N–H and O–H groups in total. The van der Waals surface area contributed by atoms with E-state index in [0.717, 1.165) is 12.0 Å². The van der Waals surface area contributed by atoms with E-state index in [1.165, 1.54) is 0 Å². The molecule has 5 heteroatoms. The van der Waals surface area contributed by atoms with E-state index >= 15 is 0 Å². The standard InChI is InChI=1S/C18H16ClFN2O/c1-10-7-13(4-3-12(10)9-21)23-17-15(19)6-5-14(16(17)20)18(22)8-11(18)2/h3-7,11H,8,22H2,1-2H3/t11-,18?/m1/s1. The van der Waals surface area contributed by atoms with Crippen LogP contribution in [0.4, 0.5) is 4.39 Å². The maximum atomic E-state index is 14.8. The molecule has 0 heterocycles. The summed E-state index contributed by atoms with van der Waals surface area (Å²) in [4.78, 5) is 0. The Balaban J connectivity index is 1.99. The molecule has 1 aliphatic carbocycles. The summed E-state index contributed by atoms with van der Waals surface area (Å²) < 4.78 is 20.5. The van der Waals surface area contributed by atoms with Crippen LogP contribution in [0.2, 0.25) is 5.02 Å². The van der Waals surface area contributed by atoms with Gasteiger partial charge in [0, 0.05) is 11.1 Å². The van der Waals surface area contributed by atoms with Crippen molar-refractivity contribution in [3.05, 3.63) is 57.9 Å². The maximum absolute atomic E-state index is 14.8. The van der Waals surface area contributed by atoms with Crippen molar-refractivity contribution in [3.63, 3.8) is 0 Å². The highest BCUT2D eigenvalue weighted by atomic mass is 35.5. The number of nitrogens with zero attached hydrogens (tertiary/aromatic N) is 1. The number of aryl methyl sites for hydroxylation is 1. The summed E-state index contributed by atoms with van der Waals surface area (Å²) in [6.45, 7) is 3.78. The summed E-state index contributed by atoms with van der Waals surface area (Å²) in [7, 11) is 0. The van der Waals surface area contributed by atoms with E-state index in [-0.39, 0.29) is 16.7 Å². The van der Waals surface area contributed by atoms with Gasteiger partial charge in [-0.3, -0.25) is 0 Å². The Bertz CT molecular complexity index is 831. The van der Waals surface area contributed by atoms with Gasteiger partial charge in [0.05, 0.1) is 16.7 Å². The van der Waals surface area contributed by atoms with Crippen molar-refractivity contribution in [3.8, 4) is 17.6 Å². The number of ether oxygens (including phenoxy) is 1. The average Bonchev–Trinajstić information content (AvgIpc) is 3.11. The topological polar surface area (TPSA) is 59.0 Å². The lowest BCUT2D eigenvalue weighted by Gasteiger charge is -2.16. The minimum absolute atomic E-state index is 0.0304. The second kappa shape index (κ2) is 5.52.